The summed E-state index contributed by atoms with van der Waals surface area (Å²) < 4.78 is 17.3. The highest BCUT2D eigenvalue weighted by molar-refractivity contribution is 7.08. The number of carboxylic acid groups (broad SMARTS) is 1. The predicted molar refractivity (Wildman–Crippen MR) is 76.5 cm³/mol. The van der Waals surface area contributed by atoms with Crippen LogP contribution in [0, 0.1) is 0 Å². The number of fused-ring (bicyclic) bond motifs is 1. The molecule has 21 heavy (non-hydrogen) atoms. The zero-order valence-electron chi connectivity index (χ0n) is 12.4. The van der Waals surface area contributed by atoms with Crippen molar-refractivity contribution in [1.29, 1.82) is 0 Å². The summed E-state index contributed by atoms with van der Waals surface area (Å²) in [5.41, 5.74) is 0. The van der Waals surface area contributed by atoms with Crippen LogP contribution in [0.2, 0.25) is 0 Å². The van der Waals surface area contributed by atoms with E-state index < -0.39 is 5.97 Å². The van der Waals surface area contributed by atoms with Crippen molar-refractivity contribution in [1.82, 2.24) is 0 Å². The zero-order chi connectivity index (χ0) is 15.3. The van der Waals surface area contributed by atoms with Gasteiger partial charge in [0.2, 0.25) is 0 Å². The Morgan fingerprint density at radius 3 is 3.00 bits per heavy atom. The normalized spacial score (nSPS) is 17.7. The topological polar surface area (TPSA) is 67.8 Å². The summed E-state index contributed by atoms with van der Waals surface area (Å²) in [7, 11) is 3.73. The molecule has 0 amide bonds. The van der Waals surface area contributed by atoms with Crippen LogP contribution in [0.3, 0.4) is 0 Å². The molecule has 0 aromatic carbocycles. The van der Waals surface area contributed by atoms with Crippen molar-refractivity contribution in [3.63, 3.8) is 0 Å². The van der Waals surface area contributed by atoms with Gasteiger partial charge >= 0.3 is 0 Å². The molecule has 7 heteroatoms. The minimum Gasteiger partial charge on any atom is -0.544 e. The van der Waals surface area contributed by atoms with Gasteiger partial charge in [0.15, 0.2) is 17.6 Å². The molecule has 1 aliphatic rings. The maximum atomic E-state index is 10.6. The summed E-state index contributed by atoms with van der Waals surface area (Å²) in [5.74, 6) is 0.560. The maximum Gasteiger partial charge on any atom is 0.172 e. The highest BCUT2D eigenvalue weighted by Gasteiger charge is 2.22. The first-order valence-corrected chi connectivity index (χ1v) is 7.86. The second kappa shape index (κ2) is 7.11. The third kappa shape index (κ3) is 5.18. The molecule has 0 saturated carbocycles. The highest BCUT2D eigenvalue weighted by atomic mass is 32.1. The van der Waals surface area contributed by atoms with E-state index >= 15 is 0 Å². The van der Waals surface area contributed by atoms with Crippen molar-refractivity contribution in [2.45, 2.75) is 12.5 Å². The van der Waals surface area contributed by atoms with E-state index in [9.17, 15) is 9.90 Å². The van der Waals surface area contributed by atoms with Gasteiger partial charge in [0.1, 0.15) is 13.2 Å². The van der Waals surface area contributed by atoms with Crippen molar-refractivity contribution in [3.8, 4) is 11.5 Å². The Labute approximate surface area is 128 Å². The van der Waals surface area contributed by atoms with E-state index in [-0.39, 0.29) is 12.6 Å². The summed E-state index contributed by atoms with van der Waals surface area (Å²) in [6, 6.07) is 0. The van der Waals surface area contributed by atoms with E-state index in [0.717, 1.165) is 24.5 Å². The van der Waals surface area contributed by atoms with Gasteiger partial charge in [0.05, 0.1) is 39.8 Å². The van der Waals surface area contributed by atoms with Crippen molar-refractivity contribution in [2.75, 3.05) is 47.0 Å². The Morgan fingerprint density at radius 2 is 2.24 bits per heavy atom. The molecule has 2 heterocycles. The fraction of sp³-hybridized carbons (Fsp3) is 0.643. The minimum atomic E-state index is -1.03. The second-order valence-corrected chi connectivity index (χ2v) is 6.51. The molecule has 0 radical (unpaired) electrons. The molecule has 0 fully saturated rings. The number of carboxylic acids is 1. The van der Waals surface area contributed by atoms with Crippen LogP contribution in [0.1, 0.15) is 6.42 Å². The first kappa shape index (κ1) is 16.1. The third-order valence-corrected chi connectivity index (χ3v) is 3.92. The summed E-state index contributed by atoms with van der Waals surface area (Å²) in [6.07, 6.45) is 0.704. The number of ether oxygens (including phenoxy) is 3. The average molecular weight is 315 g/mol. The first-order chi connectivity index (χ1) is 9.96. The second-order valence-electron chi connectivity index (χ2n) is 5.77. The summed E-state index contributed by atoms with van der Waals surface area (Å²) in [6.45, 7) is 2.29. The molecule has 0 bridgehead atoms. The molecular weight excluding hydrogens is 294 g/mol. The third-order valence-electron chi connectivity index (χ3n) is 3.22. The molecule has 0 N–H and O–H groups in total. The van der Waals surface area contributed by atoms with E-state index in [2.05, 4.69) is 0 Å². The fourth-order valence-corrected chi connectivity index (χ4v) is 2.85. The SMILES string of the molecule is C[N+](C)(CCCOCC1COc2cscc2O1)CC(=O)[O-]. The van der Waals surface area contributed by atoms with Crippen LogP contribution in [-0.4, -0.2) is 63.6 Å². The first-order valence-electron chi connectivity index (χ1n) is 6.91. The van der Waals surface area contributed by atoms with Crippen molar-refractivity contribution in [2.24, 2.45) is 0 Å². The van der Waals surface area contributed by atoms with Gasteiger partial charge in [-0.1, -0.05) is 0 Å². The lowest BCUT2D eigenvalue weighted by Crippen LogP contribution is -2.49. The van der Waals surface area contributed by atoms with Crippen LogP contribution in [0.4, 0.5) is 0 Å². The molecule has 1 aliphatic heterocycles. The molecule has 0 spiro atoms. The Bertz CT molecular complexity index is 474. The van der Waals surface area contributed by atoms with Crippen LogP contribution < -0.4 is 14.6 Å². The smallest absolute Gasteiger partial charge is 0.172 e. The van der Waals surface area contributed by atoms with Crippen LogP contribution in [0.25, 0.3) is 0 Å². The van der Waals surface area contributed by atoms with E-state index in [4.69, 9.17) is 14.2 Å². The highest BCUT2D eigenvalue weighted by Crippen LogP contribution is 2.35. The number of rotatable bonds is 8. The van der Waals surface area contributed by atoms with E-state index in [1.807, 2.05) is 24.9 Å². The number of carbonyl (C=O) groups excluding carboxylic acids is 1. The van der Waals surface area contributed by atoms with Crippen molar-refractivity contribution < 1.29 is 28.6 Å². The Balaban J connectivity index is 1.59. The molecule has 6 nitrogen and oxygen atoms in total. The van der Waals surface area contributed by atoms with E-state index in [1.54, 1.807) is 11.3 Å². The molecule has 1 atom stereocenters. The molecule has 1 unspecified atom stereocenters. The summed E-state index contributed by atoms with van der Waals surface area (Å²) in [5, 5.41) is 14.4. The number of likely N-dealkylation sites (N-methyl/N-ethyl adjacent to an activating group) is 1. The van der Waals surface area contributed by atoms with Crippen LogP contribution >= 0.6 is 11.3 Å². The molecule has 1 aromatic rings. The number of carbonyl (C=O) groups is 1. The monoisotopic (exact) mass is 315 g/mol. The van der Waals surface area contributed by atoms with Crippen LogP contribution in [0.5, 0.6) is 11.5 Å². The number of quaternary nitrogens is 1. The Kier molecular flexibility index (Phi) is 5.44. The quantitative estimate of drug-likeness (QED) is 0.503. The van der Waals surface area contributed by atoms with Gasteiger partial charge in [-0.2, -0.15) is 0 Å². The number of thiophene rings is 1. The van der Waals surface area contributed by atoms with Gasteiger partial charge in [-0.05, 0) is 0 Å². The van der Waals surface area contributed by atoms with Gasteiger partial charge in [0, 0.05) is 17.2 Å². The zero-order valence-corrected chi connectivity index (χ0v) is 13.2. The molecule has 118 valence electrons. The minimum absolute atomic E-state index is 0.0144. The summed E-state index contributed by atoms with van der Waals surface area (Å²) in [4.78, 5) is 10.6. The molecule has 2 rings (SSSR count). The van der Waals surface area contributed by atoms with Crippen LogP contribution in [0.15, 0.2) is 10.8 Å². The summed E-state index contributed by atoms with van der Waals surface area (Å²) >= 11 is 1.55. The largest absolute Gasteiger partial charge is 0.544 e. The van der Waals surface area contributed by atoms with Gasteiger partial charge in [-0.15, -0.1) is 11.3 Å². The van der Waals surface area contributed by atoms with Crippen molar-refractivity contribution >= 4 is 17.3 Å². The standard InChI is InChI=1S/C14H21NO5S/c1-15(2,6-14(16)17)4-3-5-18-7-11-8-19-12-9-21-10-13(12)20-11/h9-11H,3-8H2,1-2H3. The lowest BCUT2D eigenvalue weighted by molar-refractivity contribution is -0.885. The van der Waals surface area contributed by atoms with Gasteiger partial charge < -0.3 is 28.6 Å². The predicted octanol–water partition coefficient (Wildman–Crippen LogP) is 0.121. The van der Waals surface area contributed by atoms with Gasteiger partial charge in [-0.3, -0.25) is 0 Å². The number of nitrogens with zero attached hydrogens (tertiary/aromatic N) is 1. The lowest BCUT2D eigenvalue weighted by atomic mass is 10.3. The molecular formula is C14H21NO5S. The Morgan fingerprint density at radius 1 is 1.48 bits per heavy atom. The fourth-order valence-electron chi connectivity index (χ4n) is 2.18. The Hall–Kier alpha value is -1.31. The van der Waals surface area contributed by atoms with Gasteiger partial charge in [-0.25, -0.2) is 0 Å². The van der Waals surface area contributed by atoms with Gasteiger partial charge in [0.25, 0.3) is 0 Å². The number of hydrogen-bond acceptors (Lipinski definition) is 6. The number of hydrogen-bond donors (Lipinski definition) is 0. The number of aliphatic carboxylic acids is 1. The van der Waals surface area contributed by atoms with E-state index in [0.29, 0.717) is 24.3 Å². The maximum absolute atomic E-state index is 10.6. The molecule has 0 aliphatic carbocycles. The lowest BCUT2D eigenvalue weighted by Gasteiger charge is -2.30. The van der Waals surface area contributed by atoms with Crippen molar-refractivity contribution in [3.05, 3.63) is 10.8 Å². The van der Waals surface area contributed by atoms with Crippen LogP contribution in [-0.2, 0) is 9.53 Å². The van der Waals surface area contributed by atoms with E-state index in [1.165, 1.54) is 0 Å². The molecule has 1 aromatic heterocycles. The average Bonchev–Trinajstić information content (AvgIpc) is 2.84. The molecule has 0 saturated heterocycles.